The summed E-state index contributed by atoms with van der Waals surface area (Å²) >= 11 is 0. The topological polar surface area (TPSA) is 120 Å². The van der Waals surface area contributed by atoms with Crippen LogP contribution in [0.15, 0.2) is 48.7 Å². The van der Waals surface area contributed by atoms with E-state index in [1.165, 1.54) is 42.8 Å². The van der Waals surface area contributed by atoms with Crippen LogP contribution in [0.5, 0.6) is 11.6 Å². The van der Waals surface area contributed by atoms with Gasteiger partial charge in [-0.15, -0.1) is 13.2 Å². The smallest absolute Gasteiger partial charge is 0.480 e. The molecule has 0 aliphatic rings. The molecule has 0 unspecified atom stereocenters. The molecule has 4 aromatic rings. The lowest BCUT2D eigenvalue weighted by molar-refractivity contribution is -0.274. The van der Waals surface area contributed by atoms with Crippen molar-refractivity contribution < 1.29 is 32.2 Å². The molecular formula is C24H21F3N6O4. The number of carbonyl (C=O) groups is 2. The molecule has 37 heavy (non-hydrogen) atoms. The third-order valence-corrected chi connectivity index (χ3v) is 5.15. The van der Waals surface area contributed by atoms with E-state index in [0.29, 0.717) is 28.4 Å². The Bertz CT molecular complexity index is 1490. The van der Waals surface area contributed by atoms with Gasteiger partial charge in [0.1, 0.15) is 11.3 Å². The summed E-state index contributed by atoms with van der Waals surface area (Å²) < 4.78 is 48.9. The number of hydrogen-bond donors (Lipinski definition) is 2. The van der Waals surface area contributed by atoms with Gasteiger partial charge in [-0.1, -0.05) is 18.2 Å². The van der Waals surface area contributed by atoms with Gasteiger partial charge in [0.05, 0.1) is 24.7 Å². The maximum atomic E-state index is 13.0. The predicted octanol–water partition coefficient (Wildman–Crippen LogP) is 3.90. The maximum Gasteiger partial charge on any atom is 0.573 e. The number of pyridine rings is 1. The van der Waals surface area contributed by atoms with Gasteiger partial charge in [-0.05, 0) is 31.2 Å². The zero-order valence-corrected chi connectivity index (χ0v) is 19.9. The Morgan fingerprint density at radius 1 is 1.11 bits per heavy atom. The molecule has 10 nitrogen and oxygen atoms in total. The van der Waals surface area contributed by atoms with Gasteiger partial charge < -0.3 is 20.1 Å². The number of nitrogens with zero attached hydrogens (tertiary/aromatic N) is 4. The lowest BCUT2D eigenvalue weighted by atomic mass is 10.1. The number of ether oxygens (including phenoxy) is 2. The van der Waals surface area contributed by atoms with Gasteiger partial charge >= 0.3 is 6.36 Å². The SMILES string of the molecule is COc1nc(C)c(-c2ccc3nc(NC(C)=O)cn3n2)cc1C(=O)NCc1ccccc1OC(F)(F)F. The Morgan fingerprint density at radius 2 is 1.86 bits per heavy atom. The standard InChI is InChI=1S/C24H21F3N6O4/c1-13-16(18-8-9-21-31-20(30-14(2)34)12-33(21)32-18)10-17(23(29-13)36-3)22(35)28-11-15-6-4-5-7-19(15)37-24(25,26)27/h4-10,12H,11H2,1-3H3,(H,28,35)(H,30,34). The number of aromatic nitrogens is 4. The Morgan fingerprint density at radius 3 is 2.57 bits per heavy atom. The minimum absolute atomic E-state index is 0.0373. The van der Waals surface area contributed by atoms with Crippen LogP contribution in [-0.4, -0.2) is 44.9 Å². The molecule has 4 rings (SSSR count). The molecule has 3 aromatic heterocycles. The normalized spacial score (nSPS) is 11.3. The number of methoxy groups -OCH3 is 1. The summed E-state index contributed by atoms with van der Waals surface area (Å²) in [5.41, 5.74) is 2.18. The minimum atomic E-state index is -4.87. The van der Waals surface area contributed by atoms with E-state index in [2.05, 4.69) is 30.4 Å². The number of rotatable bonds is 7. The molecule has 1 aromatic carbocycles. The fraction of sp³-hybridized carbons (Fsp3) is 0.208. The van der Waals surface area contributed by atoms with Crippen molar-refractivity contribution in [1.82, 2.24) is 24.9 Å². The van der Waals surface area contributed by atoms with Gasteiger partial charge in [0.25, 0.3) is 5.91 Å². The number of fused-ring (bicyclic) bond motifs is 1. The molecule has 192 valence electrons. The van der Waals surface area contributed by atoms with E-state index in [-0.39, 0.29) is 29.5 Å². The van der Waals surface area contributed by atoms with Crippen LogP contribution in [0.3, 0.4) is 0 Å². The average Bonchev–Trinajstić information content (AvgIpc) is 3.22. The summed E-state index contributed by atoms with van der Waals surface area (Å²) in [6.07, 6.45) is -3.33. The lowest BCUT2D eigenvalue weighted by Gasteiger charge is -2.15. The summed E-state index contributed by atoms with van der Waals surface area (Å²) in [6.45, 7) is 2.85. The molecule has 2 N–H and O–H groups in total. The van der Waals surface area contributed by atoms with Crippen LogP contribution in [0.1, 0.15) is 28.5 Å². The van der Waals surface area contributed by atoms with E-state index in [1.807, 2.05) is 0 Å². The van der Waals surface area contributed by atoms with Gasteiger partial charge in [-0.2, -0.15) is 5.10 Å². The van der Waals surface area contributed by atoms with Gasteiger partial charge in [-0.25, -0.2) is 14.5 Å². The highest BCUT2D eigenvalue weighted by Gasteiger charge is 2.32. The third kappa shape index (κ3) is 5.94. The van der Waals surface area contributed by atoms with Gasteiger partial charge in [0.2, 0.25) is 11.8 Å². The van der Waals surface area contributed by atoms with Gasteiger partial charge in [0, 0.05) is 24.6 Å². The zero-order chi connectivity index (χ0) is 26.7. The van der Waals surface area contributed by atoms with Crippen molar-refractivity contribution >= 4 is 23.3 Å². The molecule has 0 saturated heterocycles. The molecule has 0 aliphatic carbocycles. The van der Waals surface area contributed by atoms with Gasteiger partial charge in [0.15, 0.2) is 11.5 Å². The molecule has 2 amide bonds. The van der Waals surface area contributed by atoms with Crippen LogP contribution >= 0.6 is 0 Å². The fourth-order valence-corrected chi connectivity index (χ4v) is 3.57. The highest BCUT2D eigenvalue weighted by Crippen LogP contribution is 2.29. The van der Waals surface area contributed by atoms with Crippen molar-refractivity contribution in [3.05, 3.63) is 65.5 Å². The molecular weight excluding hydrogens is 493 g/mol. The number of nitrogens with one attached hydrogen (secondary N) is 2. The third-order valence-electron chi connectivity index (χ3n) is 5.15. The largest absolute Gasteiger partial charge is 0.573 e. The van der Waals surface area contributed by atoms with E-state index in [0.717, 1.165) is 6.07 Å². The molecule has 0 saturated carbocycles. The van der Waals surface area contributed by atoms with Crippen molar-refractivity contribution in [3.8, 4) is 22.9 Å². The first kappa shape index (κ1) is 25.4. The Hall–Kier alpha value is -4.68. The Kier molecular flexibility index (Phi) is 6.96. The van der Waals surface area contributed by atoms with E-state index < -0.39 is 18.0 Å². The number of amides is 2. The van der Waals surface area contributed by atoms with E-state index in [4.69, 9.17) is 4.74 Å². The second kappa shape index (κ2) is 10.1. The fourth-order valence-electron chi connectivity index (χ4n) is 3.57. The summed E-state index contributed by atoms with van der Waals surface area (Å²) in [6, 6.07) is 10.4. The second-order valence-electron chi connectivity index (χ2n) is 7.85. The van der Waals surface area contributed by atoms with Crippen molar-refractivity contribution in [3.63, 3.8) is 0 Å². The zero-order valence-electron chi connectivity index (χ0n) is 19.9. The quantitative estimate of drug-likeness (QED) is 0.384. The van der Waals surface area contributed by atoms with Crippen molar-refractivity contribution in [2.45, 2.75) is 26.8 Å². The van der Waals surface area contributed by atoms with Gasteiger partial charge in [-0.3, -0.25) is 9.59 Å². The lowest BCUT2D eigenvalue weighted by Crippen LogP contribution is -2.25. The Balaban J connectivity index is 1.62. The van der Waals surface area contributed by atoms with E-state index >= 15 is 0 Å². The summed E-state index contributed by atoms with van der Waals surface area (Å²) in [5, 5.41) is 9.66. The van der Waals surface area contributed by atoms with Crippen LogP contribution in [0.4, 0.5) is 19.0 Å². The second-order valence-corrected chi connectivity index (χ2v) is 7.85. The predicted molar refractivity (Wildman–Crippen MR) is 126 cm³/mol. The van der Waals surface area contributed by atoms with Crippen molar-refractivity contribution in [2.75, 3.05) is 12.4 Å². The number of hydrogen-bond acceptors (Lipinski definition) is 7. The first-order valence-electron chi connectivity index (χ1n) is 10.9. The summed E-state index contributed by atoms with van der Waals surface area (Å²) in [5.74, 6) is -0.945. The number of anilines is 1. The number of alkyl halides is 3. The number of carbonyl (C=O) groups excluding carboxylic acids is 2. The molecule has 13 heteroatoms. The minimum Gasteiger partial charge on any atom is -0.480 e. The number of benzene rings is 1. The number of aryl methyl sites for hydroxylation is 1. The maximum absolute atomic E-state index is 13.0. The highest BCUT2D eigenvalue weighted by molar-refractivity contribution is 5.97. The molecule has 3 heterocycles. The number of imidazole rings is 1. The highest BCUT2D eigenvalue weighted by atomic mass is 19.4. The monoisotopic (exact) mass is 514 g/mol. The first-order valence-corrected chi connectivity index (χ1v) is 10.9. The van der Waals surface area contributed by atoms with Crippen LogP contribution in [0.2, 0.25) is 0 Å². The van der Waals surface area contributed by atoms with Crippen molar-refractivity contribution in [1.29, 1.82) is 0 Å². The van der Waals surface area contributed by atoms with Crippen LogP contribution in [0, 0.1) is 6.92 Å². The molecule has 0 fully saturated rings. The number of para-hydroxylation sites is 1. The summed E-state index contributed by atoms with van der Waals surface area (Å²) in [7, 11) is 1.35. The molecule has 0 atom stereocenters. The van der Waals surface area contributed by atoms with Crippen LogP contribution < -0.4 is 20.1 Å². The number of halogens is 3. The average molecular weight is 514 g/mol. The van der Waals surface area contributed by atoms with Crippen LogP contribution in [-0.2, 0) is 11.3 Å². The first-order chi connectivity index (χ1) is 17.5. The molecule has 0 aliphatic heterocycles. The molecule has 0 spiro atoms. The van der Waals surface area contributed by atoms with Crippen molar-refractivity contribution in [2.24, 2.45) is 0 Å². The summed E-state index contributed by atoms with van der Waals surface area (Å²) in [4.78, 5) is 33.0. The van der Waals surface area contributed by atoms with Crippen LogP contribution in [0.25, 0.3) is 16.9 Å². The van der Waals surface area contributed by atoms with E-state index in [9.17, 15) is 22.8 Å². The Labute approximate surface area is 208 Å². The molecule has 0 bridgehead atoms. The molecule has 0 radical (unpaired) electrons. The van der Waals surface area contributed by atoms with E-state index in [1.54, 1.807) is 25.3 Å².